The third-order valence-electron chi connectivity index (χ3n) is 3.20. The zero-order valence-electron chi connectivity index (χ0n) is 11.5. The number of carboxylic acids is 1. The lowest BCUT2D eigenvalue weighted by molar-refractivity contribution is 0.0696. The van der Waals surface area contributed by atoms with Crippen LogP contribution >= 0.6 is 24.0 Å². The Balaban J connectivity index is 0.00000242. The molecule has 1 aromatic carbocycles. The highest BCUT2D eigenvalue weighted by molar-refractivity contribution is 7.89. The molecule has 1 heterocycles. The number of aromatic carboxylic acids is 1. The number of piperazine rings is 1. The van der Waals surface area contributed by atoms with Gasteiger partial charge in [-0.15, -0.1) is 12.4 Å². The molecule has 1 aromatic rings. The minimum Gasteiger partial charge on any atom is -0.478 e. The SMILES string of the molecule is CC1CN(S(=O)(=O)c2cc(C(=O)O)c(Cl)cc2F)CCN1.Cl. The average Bonchev–Trinajstić information content (AvgIpc) is 2.37. The van der Waals surface area contributed by atoms with Crippen LogP contribution in [0.5, 0.6) is 0 Å². The molecule has 2 N–H and O–H groups in total. The van der Waals surface area contributed by atoms with Crippen LogP contribution in [0.1, 0.15) is 17.3 Å². The Hall–Kier alpha value is -0.930. The third kappa shape index (κ3) is 3.69. The molecular weight excluding hydrogens is 358 g/mol. The zero-order valence-corrected chi connectivity index (χ0v) is 13.9. The predicted molar refractivity (Wildman–Crippen MR) is 81.8 cm³/mol. The fraction of sp³-hybridized carbons (Fsp3) is 0.417. The van der Waals surface area contributed by atoms with Gasteiger partial charge in [-0.05, 0) is 19.1 Å². The van der Waals surface area contributed by atoms with Crippen molar-refractivity contribution in [2.45, 2.75) is 17.9 Å². The quantitative estimate of drug-likeness (QED) is 0.840. The number of carbonyl (C=O) groups is 1. The van der Waals surface area contributed by atoms with Crippen molar-refractivity contribution in [3.63, 3.8) is 0 Å². The summed E-state index contributed by atoms with van der Waals surface area (Å²) in [6.45, 7) is 2.63. The lowest BCUT2D eigenvalue weighted by atomic mass is 10.2. The van der Waals surface area contributed by atoms with Crippen molar-refractivity contribution in [1.82, 2.24) is 9.62 Å². The summed E-state index contributed by atoms with van der Waals surface area (Å²) in [6, 6.07) is 1.41. The van der Waals surface area contributed by atoms with E-state index in [4.69, 9.17) is 16.7 Å². The minimum atomic E-state index is -4.10. The van der Waals surface area contributed by atoms with Crippen molar-refractivity contribution in [2.24, 2.45) is 0 Å². The van der Waals surface area contributed by atoms with Gasteiger partial charge in [-0.2, -0.15) is 4.31 Å². The minimum absolute atomic E-state index is 0. The Bertz CT molecular complexity index is 684. The second-order valence-electron chi connectivity index (χ2n) is 4.79. The summed E-state index contributed by atoms with van der Waals surface area (Å²) in [6.07, 6.45) is 0. The Morgan fingerprint density at radius 1 is 1.50 bits per heavy atom. The number of rotatable bonds is 3. The van der Waals surface area contributed by atoms with E-state index in [1.807, 2.05) is 6.92 Å². The van der Waals surface area contributed by atoms with E-state index in [-0.39, 0.29) is 36.6 Å². The van der Waals surface area contributed by atoms with E-state index >= 15 is 0 Å². The van der Waals surface area contributed by atoms with Crippen molar-refractivity contribution in [2.75, 3.05) is 19.6 Å². The van der Waals surface area contributed by atoms with Gasteiger partial charge in [0.1, 0.15) is 10.7 Å². The van der Waals surface area contributed by atoms with Crippen molar-refractivity contribution in [1.29, 1.82) is 0 Å². The van der Waals surface area contributed by atoms with Crippen molar-refractivity contribution >= 4 is 40.0 Å². The summed E-state index contributed by atoms with van der Waals surface area (Å²) in [5, 5.41) is 11.7. The number of sulfonamides is 1. The molecule has 0 aromatic heterocycles. The Kier molecular flexibility index (Phi) is 6.17. The first kappa shape index (κ1) is 19.1. The van der Waals surface area contributed by atoms with Crippen molar-refractivity contribution < 1.29 is 22.7 Å². The van der Waals surface area contributed by atoms with Gasteiger partial charge in [-0.25, -0.2) is 17.6 Å². The summed E-state index contributed by atoms with van der Waals surface area (Å²) < 4.78 is 40.0. The number of nitrogens with one attached hydrogen (secondary N) is 1. The number of carboxylic acid groups (broad SMARTS) is 1. The molecule has 1 saturated heterocycles. The largest absolute Gasteiger partial charge is 0.478 e. The normalized spacial score (nSPS) is 19.5. The maximum Gasteiger partial charge on any atom is 0.337 e. The summed E-state index contributed by atoms with van der Waals surface area (Å²) in [4.78, 5) is 10.3. The number of nitrogens with zero attached hydrogens (tertiary/aromatic N) is 1. The van der Waals surface area contributed by atoms with E-state index in [1.165, 1.54) is 0 Å². The molecule has 1 atom stereocenters. The van der Waals surface area contributed by atoms with E-state index in [9.17, 15) is 17.6 Å². The molecule has 124 valence electrons. The molecule has 1 aliphatic rings. The molecule has 1 unspecified atom stereocenters. The second-order valence-corrected chi connectivity index (χ2v) is 7.10. The molecule has 0 aliphatic carbocycles. The summed E-state index contributed by atoms with van der Waals surface area (Å²) in [5.41, 5.74) is -0.445. The van der Waals surface area contributed by atoms with Crippen LogP contribution in [0.4, 0.5) is 4.39 Å². The number of benzene rings is 1. The summed E-state index contributed by atoms with van der Waals surface area (Å²) in [5.74, 6) is -2.47. The third-order valence-corrected chi connectivity index (χ3v) is 5.39. The first-order valence-electron chi connectivity index (χ1n) is 6.19. The first-order chi connectivity index (χ1) is 9.73. The average molecular weight is 373 g/mol. The van der Waals surface area contributed by atoms with Crippen molar-refractivity contribution in [3.8, 4) is 0 Å². The van der Waals surface area contributed by atoms with Gasteiger partial charge < -0.3 is 10.4 Å². The van der Waals surface area contributed by atoms with Gasteiger partial charge in [-0.1, -0.05) is 11.6 Å². The maximum absolute atomic E-state index is 13.9. The fourth-order valence-corrected chi connectivity index (χ4v) is 3.98. The second kappa shape index (κ2) is 7.10. The van der Waals surface area contributed by atoms with Gasteiger partial charge in [-0.3, -0.25) is 0 Å². The van der Waals surface area contributed by atoms with E-state index < -0.39 is 32.3 Å². The first-order valence-corrected chi connectivity index (χ1v) is 8.01. The van der Waals surface area contributed by atoms with Gasteiger partial charge >= 0.3 is 5.97 Å². The molecule has 0 saturated carbocycles. The lowest BCUT2D eigenvalue weighted by Gasteiger charge is -2.31. The maximum atomic E-state index is 13.9. The van der Waals surface area contributed by atoms with Crippen LogP contribution in [0, 0.1) is 5.82 Å². The monoisotopic (exact) mass is 372 g/mol. The molecule has 1 fully saturated rings. The van der Waals surface area contributed by atoms with E-state index in [0.29, 0.717) is 12.6 Å². The Morgan fingerprint density at radius 2 is 2.14 bits per heavy atom. The molecule has 0 radical (unpaired) electrons. The molecule has 6 nitrogen and oxygen atoms in total. The van der Waals surface area contributed by atoms with E-state index in [0.717, 1.165) is 10.4 Å². The smallest absolute Gasteiger partial charge is 0.337 e. The van der Waals surface area contributed by atoms with Crippen LogP contribution in [0.3, 0.4) is 0 Å². The highest BCUT2D eigenvalue weighted by Gasteiger charge is 2.32. The molecule has 10 heteroatoms. The highest BCUT2D eigenvalue weighted by atomic mass is 35.5. The Morgan fingerprint density at radius 3 is 2.68 bits per heavy atom. The van der Waals surface area contributed by atoms with E-state index in [2.05, 4.69) is 5.32 Å². The molecule has 1 aliphatic heterocycles. The van der Waals surface area contributed by atoms with Gasteiger partial charge in [0.25, 0.3) is 0 Å². The fourth-order valence-electron chi connectivity index (χ4n) is 2.15. The molecule has 2 rings (SSSR count). The predicted octanol–water partition coefficient (Wildman–Crippen LogP) is 1.58. The van der Waals surface area contributed by atoms with Gasteiger partial charge in [0.15, 0.2) is 0 Å². The van der Waals surface area contributed by atoms with E-state index in [1.54, 1.807) is 0 Å². The molecule has 0 amide bonds. The van der Waals surface area contributed by atoms with Crippen LogP contribution in [-0.2, 0) is 10.0 Å². The van der Waals surface area contributed by atoms with Crippen LogP contribution in [0.15, 0.2) is 17.0 Å². The topological polar surface area (TPSA) is 86.7 Å². The van der Waals surface area contributed by atoms with Crippen LogP contribution in [0.2, 0.25) is 5.02 Å². The summed E-state index contributed by atoms with van der Waals surface area (Å²) >= 11 is 5.62. The van der Waals surface area contributed by atoms with Crippen molar-refractivity contribution in [3.05, 3.63) is 28.5 Å². The highest BCUT2D eigenvalue weighted by Crippen LogP contribution is 2.26. The van der Waals surface area contributed by atoms with Gasteiger partial charge in [0.2, 0.25) is 10.0 Å². The number of hydrogen-bond acceptors (Lipinski definition) is 4. The van der Waals surface area contributed by atoms with Gasteiger partial charge in [0, 0.05) is 25.7 Å². The molecule has 22 heavy (non-hydrogen) atoms. The number of halogens is 3. The molecular formula is C12H15Cl2FN2O4S. The zero-order chi connectivity index (χ0) is 15.8. The van der Waals surface area contributed by atoms with Gasteiger partial charge in [0.05, 0.1) is 10.6 Å². The molecule has 0 bridgehead atoms. The van der Waals surface area contributed by atoms with Crippen LogP contribution in [0.25, 0.3) is 0 Å². The number of hydrogen-bond donors (Lipinski definition) is 2. The van der Waals surface area contributed by atoms with Crippen LogP contribution < -0.4 is 5.32 Å². The summed E-state index contributed by atoms with van der Waals surface area (Å²) in [7, 11) is -4.10. The Labute approximate surface area is 138 Å². The van der Waals surface area contributed by atoms with Crippen LogP contribution in [-0.4, -0.2) is 49.5 Å². The standard InChI is InChI=1S/C12H14ClFN2O4S.ClH/c1-7-6-16(3-2-15-7)21(19,20)11-4-8(12(17)18)9(13)5-10(11)14;/h4-5,7,15H,2-3,6H2,1H3,(H,17,18);1H. The lowest BCUT2D eigenvalue weighted by Crippen LogP contribution is -2.51. The molecule has 0 spiro atoms.